The second-order valence-corrected chi connectivity index (χ2v) is 12.2. The number of aliphatic hydroxyl groups is 1. The molecule has 0 rings (SSSR count). The number of hydrogen-bond donors (Lipinski definition) is 3. The molecule has 0 saturated heterocycles. The lowest BCUT2D eigenvalue weighted by Crippen LogP contribution is -2.27. The van der Waals surface area contributed by atoms with Crippen LogP contribution in [0.1, 0.15) is 123 Å². The Labute approximate surface area is 266 Å². The van der Waals surface area contributed by atoms with Gasteiger partial charge in [-0.3, -0.25) is 18.6 Å². The minimum Gasteiger partial charge on any atom is -0.463 e. The van der Waals surface area contributed by atoms with Crippen molar-refractivity contribution in [2.45, 2.75) is 129 Å². The highest BCUT2D eigenvalue weighted by molar-refractivity contribution is 7.47. The van der Waals surface area contributed by atoms with Crippen molar-refractivity contribution in [2.24, 2.45) is 0 Å². The van der Waals surface area contributed by atoms with Crippen LogP contribution in [-0.2, 0) is 27.9 Å². The third-order valence-corrected chi connectivity index (χ3v) is 7.55. The van der Waals surface area contributed by atoms with Crippen molar-refractivity contribution < 1.29 is 37.9 Å². The van der Waals surface area contributed by atoms with Gasteiger partial charge >= 0.3 is 13.8 Å². The van der Waals surface area contributed by atoms with Gasteiger partial charge in [-0.25, -0.2) is 4.57 Å². The van der Waals surface area contributed by atoms with Crippen LogP contribution >= 0.6 is 7.82 Å². The number of amides is 1. The second-order valence-electron chi connectivity index (χ2n) is 10.7. The van der Waals surface area contributed by atoms with Gasteiger partial charge in [0, 0.05) is 19.4 Å². The van der Waals surface area contributed by atoms with E-state index in [2.05, 4.69) is 65.4 Å². The Morgan fingerprint density at radius 2 is 1.25 bits per heavy atom. The first kappa shape index (κ1) is 42.0. The first-order chi connectivity index (χ1) is 21.3. The number of carbonyl (C=O) groups is 2. The van der Waals surface area contributed by atoms with Crippen LogP contribution < -0.4 is 5.32 Å². The maximum absolute atomic E-state index is 11.9. The fourth-order valence-electron chi connectivity index (χ4n) is 3.99. The predicted molar refractivity (Wildman–Crippen MR) is 178 cm³/mol. The number of esters is 1. The molecule has 0 aromatic heterocycles. The lowest BCUT2D eigenvalue weighted by atomic mass is 10.1. The summed E-state index contributed by atoms with van der Waals surface area (Å²) in [4.78, 5) is 32.6. The van der Waals surface area contributed by atoms with Crippen LogP contribution in [0.25, 0.3) is 0 Å². The molecule has 0 aliphatic heterocycles. The monoisotopic (exact) mass is 641 g/mol. The SMILES string of the molecule is CCCCC/C=C\C/C=C\C/C=C\C/C=C\CCCCCCCCCC(=O)NCCOP(=O)(O)OCC(O)COC(=O)CC. The minimum atomic E-state index is -4.38. The van der Waals surface area contributed by atoms with E-state index < -0.39 is 26.5 Å². The number of allylic oxidation sites excluding steroid dienone is 8. The fourth-order valence-corrected chi connectivity index (χ4v) is 4.75. The van der Waals surface area contributed by atoms with Crippen molar-refractivity contribution in [3.63, 3.8) is 0 Å². The molecule has 0 aliphatic rings. The summed E-state index contributed by atoms with van der Waals surface area (Å²) in [5, 5.41) is 12.3. The summed E-state index contributed by atoms with van der Waals surface area (Å²) in [6.45, 7) is 2.85. The summed E-state index contributed by atoms with van der Waals surface area (Å²) >= 11 is 0. The molecule has 0 aliphatic carbocycles. The highest BCUT2D eigenvalue weighted by atomic mass is 31.2. The van der Waals surface area contributed by atoms with Crippen molar-refractivity contribution in [3.05, 3.63) is 48.6 Å². The highest BCUT2D eigenvalue weighted by Gasteiger charge is 2.23. The maximum atomic E-state index is 11.9. The van der Waals surface area contributed by atoms with Gasteiger partial charge in [-0.15, -0.1) is 0 Å². The normalized spacial score (nSPS) is 14.2. The summed E-state index contributed by atoms with van der Waals surface area (Å²) in [6, 6.07) is 0. The van der Waals surface area contributed by atoms with Gasteiger partial charge < -0.3 is 20.1 Å². The molecule has 1 amide bonds. The average Bonchev–Trinajstić information content (AvgIpc) is 3.01. The van der Waals surface area contributed by atoms with Crippen LogP contribution in [0.2, 0.25) is 0 Å². The van der Waals surface area contributed by atoms with E-state index in [1.807, 2.05) is 0 Å². The van der Waals surface area contributed by atoms with E-state index in [0.29, 0.717) is 6.42 Å². The van der Waals surface area contributed by atoms with Crippen LogP contribution in [0.3, 0.4) is 0 Å². The summed E-state index contributed by atoms with van der Waals surface area (Å²) in [5.41, 5.74) is 0. The Balaban J connectivity index is 3.55. The molecule has 3 N–H and O–H groups in total. The number of aliphatic hydroxyl groups excluding tert-OH is 1. The Hall–Kier alpha value is -2.03. The molecular weight excluding hydrogens is 581 g/mol. The van der Waals surface area contributed by atoms with Crippen LogP contribution in [-0.4, -0.2) is 54.3 Å². The standard InChI is InChI=1S/C34H60NO8P/c1-3-5-6-7-8-9-10-11-12-13-14-15-16-17-18-19-20-21-22-23-24-25-26-27-33(37)35-28-29-42-44(39,40)43-31-32(36)30-41-34(38)4-2/h8-9,11-12,14-15,17-18,32,36H,3-7,10,13,16,19-31H2,1-2H3,(H,35,37)(H,39,40)/b9-8-,12-11-,15-14-,18-17-. The quantitative estimate of drug-likeness (QED) is 0.0311. The number of ether oxygens (including phenoxy) is 1. The number of rotatable bonds is 30. The number of carbonyl (C=O) groups excluding carboxylic acids is 2. The highest BCUT2D eigenvalue weighted by Crippen LogP contribution is 2.42. The summed E-state index contributed by atoms with van der Waals surface area (Å²) in [6.07, 6.45) is 34.3. The maximum Gasteiger partial charge on any atom is 0.472 e. The minimum absolute atomic E-state index is 0.0723. The molecule has 44 heavy (non-hydrogen) atoms. The van der Waals surface area contributed by atoms with E-state index in [4.69, 9.17) is 9.26 Å². The zero-order valence-corrected chi connectivity index (χ0v) is 28.2. The molecule has 0 heterocycles. The van der Waals surface area contributed by atoms with Crippen molar-refractivity contribution in [1.29, 1.82) is 0 Å². The summed E-state index contributed by atoms with van der Waals surface area (Å²) in [5.74, 6) is -0.623. The Bertz CT molecular complexity index is 871. The molecule has 254 valence electrons. The Kier molecular flexibility index (Phi) is 29.5. The molecule has 0 spiro atoms. The first-order valence-corrected chi connectivity index (χ1v) is 18.1. The van der Waals surface area contributed by atoms with Gasteiger partial charge in [0.2, 0.25) is 5.91 Å². The molecule has 0 saturated carbocycles. The summed E-state index contributed by atoms with van der Waals surface area (Å²) in [7, 11) is -4.38. The van der Waals surface area contributed by atoms with Gasteiger partial charge in [-0.2, -0.15) is 0 Å². The number of phosphoric ester groups is 1. The van der Waals surface area contributed by atoms with Crippen LogP contribution in [0.15, 0.2) is 48.6 Å². The number of unbranched alkanes of at least 4 members (excludes halogenated alkanes) is 10. The molecule has 0 radical (unpaired) electrons. The second kappa shape index (κ2) is 31.0. The van der Waals surface area contributed by atoms with Crippen LogP contribution in [0, 0.1) is 0 Å². The van der Waals surface area contributed by atoms with Gasteiger partial charge in [-0.1, -0.05) is 107 Å². The molecule has 10 heteroatoms. The molecule has 2 atom stereocenters. The molecule has 0 aromatic carbocycles. The smallest absolute Gasteiger partial charge is 0.463 e. The van der Waals surface area contributed by atoms with Crippen molar-refractivity contribution >= 4 is 19.7 Å². The third-order valence-electron chi connectivity index (χ3n) is 6.57. The molecule has 0 fully saturated rings. The topological polar surface area (TPSA) is 131 Å². The van der Waals surface area contributed by atoms with Crippen LogP contribution in [0.4, 0.5) is 0 Å². The van der Waals surface area contributed by atoms with Gasteiger partial charge in [-0.05, 0) is 51.4 Å². The third kappa shape index (κ3) is 31.4. The molecular formula is C34H60NO8P. The van der Waals surface area contributed by atoms with Crippen molar-refractivity contribution in [3.8, 4) is 0 Å². The molecule has 9 nitrogen and oxygen atoms in total. The summed E-state index contributed by atoms with van der Waals surface area (Å²) < 4.78 is 26.0. The van der Waals surface area contributed by atoms with Gasteiger partial charge in [0.05, 0.1) is 13.2 Å². The van der Waals surface area contributed by atoms with E-state index in [-0.39, 0.29) is 32.1 Å². The Morgan fingerprint density at radius 1 is 0.727 bits per heavy atom. The first-order valence-electron chi connectivity index (χ1n) is 16.6. The largest absolute Gasteiger partial charge is 0.472 e. The van der Waals surface area contributed by atoms with E-state index in [1.54, 1.807) is 6.92 Å². The van der Waals surface area contributed by atoms with E-state index in [0.717, 1.165) is 44.9 Å². The zero-order valence-electron chi connectivity index (χ0n) is 27.3. The number of nitrogens with one attached hydrogen (secondary N) is 1. The molecule has 0 aromatic rings. The van der Waals surface area contributed by atoms with Crippen molar-refractivity contribution in [2.75, 3.05) is 26.4 Å². The van der Waals surface area contributed by atoms with Gasteiger partial charge in [0.25, 0.3) is 0 Å². The fraction of sp³-hybridized carbons (Fsp3) is 0.706. The zero-order chi connectivity index (χ0) is 32.6. The van der Waals surface area contributed by atoms with Crippen LogP contribution in [0.5, 0.6) is 0 Å². The number of phosphoric acid groups is 1. The number of hydrogen-bond acceptors (Lipinski definition) is 7. The van der Waals surface area contributed by atoms with Gasteiger partial charge in [0.1, 0.15) is 12.7 Å². The Morgan fingerprint density at radius 3 is 1.82 bits per heavy atom. The average molecular weight is 642 g/mol. The lowest BCUT2D eigenvalue weighted by molar-refractivity contribution is -0.146. The molecule has 0 bridgehead atoms. The lowest BCUT2D eigenvalue weighted by Gasteiger charge is -2.15. The predicted octanol–water partition coefficient (Wildman–Crippen LogP) is 8.04. The van der Waals surface area contributed by atoms with Crippen molar-refractivity contribution in [1.82, 2.24) is 5.32 Å². The van der Waals surface area contributed by atoms with Gasteiger partial charge in [0.15, 0.2) is 0 Å². The van der Waals surface area contributed by atoms with E-state index in [1.165, 1.54) is 51.4 Å². The van der Waals surface area contributed by atoms with E-state index >= 15 is 0 Å². The van der Waals surface area contributed by atoms with E-state index in [9.17, 15) is 24.2 Å². The molecule has 2 unspecified atom stereocenters.